The van der Waals surface area contributed by atoms with Crippen LogP contribution in [0.5, 0.6) is 5.75 Å². The fourth-order valence-electron chi connectivity index (χ4n) is 2.85. The molecule has 2 aromatic rings. The highest BCUT2D eigenvalue weighted by Gasteiger charge is 2.19. The third-order valence-electron chi connectivity index (χ3n) is 4.17. The van der Waals surface area contributed by atoms with Crippen LogP contribution < -0.4 is 15.0 Å². The number of piperidine rings is 1. The van der Waals surface area contributed by atoms with Crippen molar-refractivity contribution in [3.8, 4) is 5.75 Å². The molecule has 0 saturated carbocycles. The second-order valence-corrected chi connectivity index (χ2v) is 6.43. The maximum atomic E-state index is 12.4. The molecule has 0 bridgehead atoms. The predicted octanol–water partition coefficient (Wildman–Crippen LogP) is 4.71. The van der Waals surface area contributed by atoms with E-state index in [1.165, 1.54) is 18.2 Å². The normalized spacial score (nSPS) is 14.4. The van der Waals surface area contributed by atoms with Crippen molar-refractivity contribution >= 4 is 34.8 Å². The zero-order valence-corrected chi connectivity index (χ0v) is 15.0. The maximum Gasteiger partial charge on any atom is 0.387 e. The smallest absolute Gasteiger partial charge is 0.387 e. The van der Waals surface area contributed by atoms with Crippen LogP contribution in [0.2, 0.25) is 5.02 Å². The Bertz CT molecular complexity index is 843. The van der Waals surface area contributed by atoms with Crippen LogP contribution >= 0.6 is 11.6 Å². The van der Waals surface area contributed by atoms with Gasteiger partial charge in [-0.05, 0) is 55.3 Å². The average molecular weight is 395 g/mol. The van der Waals surface area contributed by atoms with E-state index in [0.29, 0.717) is 24.2 Å². The molecule has 2 amide bonds. The summed E-state index contributed by atoms with van der Waals surface area (Å²) in [6.45, 7) is -2.30. The van der Waals surface area contributed by atoms with E-state index < -0.39 is 6.61 Å². The molecular weight excluding hydrogens is 378 g/mol. The van der Waals surface area contributed by atoms with Gasteiger partial charge in [-0.2, -0.15) is 8.78 Å². The Morgan fingerprint density at radius 3 is 2.52 bits per heavy atom. The summed E-state index contributed by atoms with van der Waals surface area (Å²) in [5.74, 6) is -0.468. The van der Waals surface area contributed by atoms with Crippen molar-refractivity contribution in [2.75, 3.05) is 16.8 Å². The van der Waals surface area contributed by atoms with Gasteiger partial charge >= 0.3 is 6.61 Å². The van der Waals surface area contributed by atoms with Crippen molar-refractivity contribution in [3.05, 3.63) is 53.1 Å². The van der Waals surface area contributed by atoms with Gasteiger partial charge in [0.1, 0.15) is 5.75 Å². The van der Waals surface area contributed by atoms with Gasteiger partial charge in [-0.1, -0.05) is 11.6 Å². The fourth-order valence-corrected chi connectivity index (χ4v) is 3.07. The van der Waals surface area contributed by atoms with Crippen molar-refractivity contribution in [2.24, 2.45) is 0 Å². The molecule has 1 aliphatic rings. The van der Waals surface area contributed by atoms with E-state index in [1.54, 1.807) is 29.2 Å². The number of nitrogens with zero attached hydrogens (tertiary/aromatic N) is 1. The lowest BCUT2D eigenvalue weighted by Gasteiger charge is -2.26. The standard InChI is InChI=1S/C19H17ClF2N2O3/c20-15-11-13(6-9-16(15)27-19(21)22)23-18(26)12-4-7-14(8-5-12)24-10-2-1-3-17(24)25/h4-9,11,19H,1-3,10H2,(H,23,26). The van der Waals surface area contributed by atoms with E-state index in [2.05, 4.69) is 10.1 Å². The van der Waals surface area contributed by atoms with Crippen LogP contribution in [0.15, 0.2) is 42.5 Å². The summed E-state index contributed by atoms with van der Waals surface area (Å²) in [4.78, 5) is 26.0. The second-order valence-electron chi connectivity index (χ2n) is 6.03. The average Bonchev–Trinajstić information content (AvgIpc) is 2.64. The Kier molecular flexibility index (Phi) is 5.91. The van der Waals surface area contributed by atoms with Gasteiger partial charge in [-0.25, -0.2) is 0 Å². The second kappa shape index (κ2) is 8.35. The number of hydrogen-bond acceptors (Lipinski definition) is 3. The number of nitrogens with one attached hydrogen (secondary N) is 1. The zero-order valence-electron chi connectivity index (χ0n) is 14.3. The highest BCUT2D eigenvalue weighted by atomic mass is 35.5. The van der Waals surface area contributed by atoms with Crippen LogP contribution in [0.25, 0.3) is 0 Å². The van der Waals surface area contributed by atoms with Crippen molar-refractivity contribution in [1.82, 2.24) is 0 Å². The lowest BCUT2D eigenvalue weighted by Crippen LogP contribution is -2.35. The van der Waals surface area contributed by atoms with Gasteiger partial charge in [0, 0.05) is 29.9 Å². The third kappa shape index (κ3) is 4.74. The summed E-state index contributed by atoms with van der Waals surface area (Å²) in [7, 11) is 0. The van der Waals surface area contributed by atoms with Crippen LogP contribution in [-0.4, -0.2) is 25.0 Å². The molecule has 1 aliphatic heterocycles. The highest BCUT2D eigenvalue weighted by Crippen LogP contribution is 2.29. The van der Waals surface area contributed by atoms with E-state index >= 15 is 0 Å². The molecule has 3 rings (SSSR count). The number of carbonyl (C=O) groups is 2. The van der Waals surface area contributed by atoms with Crippen molar-refractivity contribution in [3.63, 3.8) is 0 Å². The SMILES string of the molecule is O=C(Nc1ccc(OC(F)F)c(Cl)c1)c1ccc(N2CCCCC2=O)cc1. The lowest BCUT2D eigenvalue weighted by atomic mass is 10.1. The first kappa shape index (κ1) is 19.1. The summed E-state index contributed by atoms with van der Waals surface area (Å²) < 4.78 is 28.8. The van der Waals surface area contributed by atoms with Crippen LogP contribution in [-0.2, 0) is 4.79 Å². The molecule has 1 fully saturated rings. The number of amides is 2. The summed E-state index contributed by atoms with van der Waals surface area (Å²) >= 11 is 5.88. The van der Waals surface area contributed by atoms with Gasteiger partial charge in [0.2, 0.25) is 5.91 Å². The molecule has 0 radical (unpaired) electrons. The molecule has 0 aromatic heterocycles. The lowest BCUT2D eigenvalue weighted by molar-refractivity contribution is -0.119. The van der Waals surface area contributed by atoms with Crippen LogP contribution in [0.1, 0.15) is 29.6 Å². The number of carbonyl (C=O) groups excluding carboxylic acids is 2. The molecular formula is C19H17ClF2N2O3. The topological polar surface area (TPSA) is 58.6 Å². The fraction of sp³-hybridized carbons (Fsp3) is 0.263. The van der Waals surface area contributed by atoms with Crippen molar-refractivity contribution in [2.45, 2.75) is 25.9 Å². The molecule has 1 heterocycles. The molecule has 2 aromatic carbocycles. The van der Waals surface area contributed by atoms with Crippen molar-refractivity contribution < 1.29 is 23.1 Å². The Morgan fingerprint density at radius 2 is 1.89 bits per heavy atom. The van der Waals surface area contributed by atoms with Gasteiger partial charge in [-0.3, -0.25) is 9.59 Å². The first-order valence-electron chi connectivity index (χ1n) is 8.40. The molecule has 1 N–H and O–H groups in total. The quantitative estimate of drug-likeness (QED) is 0.798. The number of anilines is 2. The summed E-state index contributed by atoms with van der Waals surface area (Å²) in [6, 6.07) is 10.7. The molecule has 27 heavy (non-hydrogen) atoms. The number of hydrogen-bond donors (Lipinski definition) is 1. The van der Waals surface area contributed by atoms with Gasteiger partial charge in [0.05, 0.1) is 5.02 Å². The van der Waals surface area contributed by atoms with E-state index in [4.69, 9.17) is 11.6 Å². The van der Waals surface area contributed by atoms with Gasteiger partial charge < -0.3 is 15.0 Å². The number of ether oxygens (including phenoxy) is 1. The molecule has 142 valence electrons. The van der Waals surface area contributed by atoms with Crippen LogP contribution in [0, 0.1) is 0 Å². The number of halogens is 3. The maximum absolute atomic E-state index is 12.4. The molecule has 0 aliphatic carbocycles. The molecule has 0 spiro atoms. The van der Waals surface area contributed by atoms with Crippen LogP contribution in [0.3, 0.4) is 0 Å². The zero-order chi connectivity index (χ0) is 19.4. The summed E-state index contributed by atoms with van der Waals surface area (Å²) in [6.07, 6.45) is 2.40. The monoisotopic (exact) mass is 394 g/mol. The molecule has 8 heteroatoms. The van der Waals surface area contributed by atoms with E-state index in [-0.39, 0.29) is 22.6 Å². The van der Waals surface area contributed by atoms with Gasteiger partial charge in [-0.15, -0.1) is 0 Å². The van der Waals surface area contributed by atoms with E-state index in [9.17, 15) is 18.4 Å². The Labute approximate surface area is 159 Å². The largest absolute Gasteiger partial charge is 0.433 e. The first-order valence-corrected chi connectivity index (χ1v) is 8.78. The third-order valence-corrected chi connectivity index (χ3v) is 4.47. The van der Waals surface area contributed by atoms with E-state index in [0.717, 1.165) is 18.5 Å². The minimum absolute atomic E-state index is 0.0351. The predicted molar refractivity (Wildman–Crippen MR) is 98.7 cm³/mol. The molecule has 1 saturated heterocycles. The van der Waals surface area contributed by atoms with Crippen molar-refractivity contribution in [1.29, 1.82) is 0 Å². The minimum atomic E-state index is -2.98. The highest BCUT2D eigenvalue weighted by molar-refractivity contribution is 6.32. The number of benzene rings is 2. The number of alkyl halides is 2. The molecule has 0 atom stereocenters. The summed E-state index contributed by atoms with van der Waals surface area (Å²) in [5.41, 5.74) is 1.50. The summed E-state index contributed by atoms with van der Waals surface area (Å²) in [5, 5.41) is 2.61. The Morgan fingerprint density at radius 1 is 1.15 bits per heavy atom. The van der Waals surface area contributed by atoms with Gasteiger partial charge in [0.15, 0.2) is 0 Å². The Balaban J connectivity index is 1.67. The first-order chi connectivity index (χ1) is 12.9. The van der Waals surface area contributed by atoms with Gasteiger partial charge in [0.25, 0.3) is 5.91 Å². The van der Waals surface area contributed by atoms with E-state index in [1.807, 2.05) is 0 Å². The molecule has 0 unspecified atom stereocenters. The number of rotatable bonds is 5. The minimum Gasteiger partial charge on any atom is -0.433 e. The Hall–Kier alpha value is -2.67. The molecule has 5 nitrogen and oxygen atoms in total. The van der Waals surface area contributed by atoms with Crippen LogP contribution in [0.4, 0.5) is 20.2 Å².